The van der Waals surface area contributed by atoms with E-state index in [4.69, 9.17) is 21.7 Å². The molecule has 176 valence electrons. The second-order valence-electron chi connectivity index (χ2n) is 8.67. The lowest BCUT2D eigenvalue weighted by molar-refractivity contribution is 0.174. The van der Waals surface area contributed by atoms with Crippen molar-refractivity contribution in [1.29, 1.82) is 0 Å². The molecule has 2 aliphatic rings. The zero-order valence-electron chi connectivity index (χ0n) is 19.2. The average molecular weight is 487 g/mol. The molecule has 0 amide bonds. The standard InChI is InChI=1S/C27H23FN4O2S/c1-16-13-21(17(2)31(16)19-8-6-18(28)7-9-19)26-25(22-5-3-4-12-29-22)30-27(35)32(26)20-10-11-23-24(14-20)34-15-33-23/h3-14,25-26H,15H2,1-2H3,(H,30,35)/t25-,26+/m0/s1. The maximum Gasteiger partial charge on any atom is 0.231 e. The number of hydrogen-bond acceptors (Lipinski definition) is 4. The molecular weight excluding hydrogens is 463 g/mol. The third-order valence-electron chi connectivity index (χ3n) is 6.61. The van der Waals surface area contributed by atoms with Crippen molar-refractivity contribution in [3.8, 4) is 17.2 Å². The van der Waals surface area contributed by atoms with Gasteiger partial charge in [-0.3, -0.25) is 4.98 Å². The fraction of sp³-hybridized carbons (Fsp3) is 0.185. The van der Waals surface area contributed by atoms with Gasteiger partial charge in [-0.15, -0.1) is 0 Å². The highest BCUT2D eigenvalue weighted by molar-refractivity contribution is 7.80. The number of pyridine rings is 1. The summed E-state index contributed by atoms with van der Waals surface area (Å²) in [6, 6.07) is 20.2. The highest BCUT2D eigenvalue weighted by atomic mass is 32.1. The van der Waals surface area contributed by atoms with E-state index in [2.05, 4.69) is 39.7 Å². The molecule has 2 aromatic heterocycles. The van der Waals surface area contributed by atoms with Crippen molar-refractivity contribution in [2.45, 2.75) is 25.9 Å². The SMILES string of the molecule is Cc1cc([C@@H]2[C@H](c3ccccn3)NC(=S)N2c2ccc3c(c2)OCO3)c(C)n1-c1ccc(F)cc1. The van der Waals surface area contributed by atoms with Crippen molar-refractivity contribution >= 4 is 23.0 Å². The van der Waals surface area contributed by atoms with Crippen molar-refractivity contribution in [1.82, 2.24) is 14.9 Å². The summed E-state index contributed by atoms with van der Waals surface area (Å²) in [5.74, 6) is 1.16. The molecule has 6 nitrogen and oxygen atoms in total. The Morgan fingerprint density at radius 2 is 1.74 bits per heavy atom. The fourth-order valence-electron chi connectivity index (χ4n) is 5.06. The van der Waals surface area contributed by atoms with Crippen LogP contribution in [-0.2, 0) is 0 Å². The molecule has 2 atom stereocenters. The first kappa shape index (κ1) is 21.6. The number of ether oxygens (including phenoxy) is 2. The van der Waals surface area contributed by atoms with Crippen LogP contribution < -0.4 is 19.7 Å². The number of anilines is 1. The van der Waals surface area contributed by atoms with E-state index in [1.807, 2.05) is 36.4 Å². The summed E-state index contributed by atoms with van der Waals surface area (Å²) in [4.78, 5) is 6.76. The van der Waals surface area contributed by atoms with Gasteiger partial charge in [0.25, 0.3) is 0 Å². The molecule has 4 heterocycles. The summed E-state index contributed by atoms with van der Waals surface area (Å²) in [7, 11) is 0. The van der Waals surface area contributed by atoms with Crippen LogP contribution in [0.2, 0.25) is 0 Å². The highest BCUT2D eigenvalue weighted by Gasteiger charge is 2.42. The normalized spacial score (nSPS) is 18.7. The van der Waals surface area contributed by atoms with Crippen LogP contribution in [-0.4, -0.2) is 21.5 Å². The minimum absolute atomic E-state index is 0.168. The number of nitrogens with one attached hydrogen (secondary N) is 1. The summed E-state index contributed by atoms with van der Waals surface area (Å²) in [6.07, 6.45) is 1.79. The van der Waals surface area contributed by atoms with E-state index in [1.54, 1.807) is 18.3 Å². The molecule has 0 spiro atoms. The largest absolute Gasteiger partial charge is 0.454 e. The Balaban J connectivity index is 1.51. The third-order valence-corrected chi connectivity index (χ3v) is 6.92. The van der Waals surface area contributed by atoms with Gasteiger partial charge in [0.05, 0.1) is 17.8 Å². The summed E-state index contributed by atoms with van der Waals surface area (Å²) >= 11 is 5.86. The monoisotopic (exact) mass is 486 g/mol. The van der Waals surface area contributed by atoms with Crippen LogP contribution >= 0.6 is 12.2 Å². The Morgan fingerprint density at radius 1 is 0.971 bits per heavy atom. The van der Waals surface area contributed by atoms with Crippen LogP contribution in [0, 0.1) is 19.7 Å². The number of thiocarbonyl (C=S) groups is 1. The van der Waals surface area contributed by atoms with E-state index in [0.29, 0.717) is 10.9 Å². The number of halogens is 1. The molecule has 2 aromatic carbocycles. The highest BCUT2D eigenvalue weighted by Crippen LogP contribution is 2.46. The molecule has 0 saturated carbocycles. The number of aromatic nitrogens is 2. The van der Waals surface area contributed by atoms with Gasteiger partial charge < -0.3 is 24.3 Å². The molecule has 1 fully saturated rings. The van der Waals surface area contributed by atoms with Crippen LogP contribution in [0.5, 0.6) is 11.5 Å². The molecule has 0 bridgehead atoms. The number of fused-ring (bicyclic) bond motifs is 1. The maximum absolute atomic E-state index is 13.6. The minimum atomic E-state index is -0.258. The van der Waals surface area contributed by atoms with Gasteiger partial charge in [-0.2, -0.15) is 0 Å². The Labute approximate surface area is 207 Å². The first-order valence-electron chi connectivity index (χ1n) is 11.4. The van der Waals surface area contributed by atoms with Crippen LogP contribution in [0.4, 0.5) is 10.1 Å². The lowest BCUT2D eigenvalue weighted by Gasteiger charge is -2.28. The van der Waals surface area contributed by atoms with Crippen LogP contribution in [0.25, 0.3) is 5.69 Å². The maximum atomic E-state index is 13.6. The number of aryl methyl sites for hydroxylation is 1. The Hall–Kier alpha value is -3.91. The van der Waals surface area contributed by atoms with Gasteiger partial charge in [0.15, 0.2) is 16.6 Å². The van der Waals surface area contributed by atoms with Crippen molar-refractivity contribution in [2.75, 3.05) is 11.7 Å². The van der Waals surface area contributed by atoms with Gasteiger partial charge in [0.2, 0.25) is 6.79 Å². The predicted molar refractivity (Wildman–Crippen MR) is 136 cm³/mol. The van der Waals surface area contributed by atoms with Gasteiger partial charge >= 0.3 is 0 Å². The second kappa shape index (κ2) is 8.39. The van der Waals surface area contributed by atoms with E-state index in [-0.39, 0.29) is 24.7 Å². The van der Waals surface area contributed by atoms with Crippen LogP contribution in [0.1, 0.15) is 34.7 Å². The quantitative estimate of drug-likeness (QED) is 0.383. The smallest absolute Gasteiger partial charge is 0.231 e. The first-order valence-corrected chi connectivity index (χ1v) is 11.8. The van der Waals surface area contributed by atoms with Crippen molar-refractivity contribution < 1.29 is 13.9 Å². The van der Waals surface area contributed by atoms with Crippen LogP contribution in [0.3, 0.4) is 0 Å². The number of nitrogens with zero attached hydrogens (tertiary/aromatic N) is 3. The van der Waals surface area contributed by atoms with E-state index >= 15 is 0 Å². The van der Waals surface area contributed by atoms with E-state index in [9.17, 15) is 4.39 Å². The molecule has 1 saturated heterocycles. The number of benzene rings is 2. The third kappa shape index (κ3) is 3.61. The molecule has 1 N–H and O–H groups in total. The van der Waals surface area contributed by atoms with Crippen molar-refractivity contribution in [2.24, 2.45) is 0 Å². The molecular formula is C27H23FN4O2S. The molecule has 0 radical (unpaired) electrons. The van der Waals surface area contributed by atoms with Gasteiger partial charge in [-0.05, 0) is 86.2 Å². The minimum Gasteiger partial charge on any atom is -0.454 e. The van der Waals surface area contributed by atoms with Crippen LogP contribution in [0.15, 0.2) is 72.9 Å². The molecule has 35 heavy (non-hydrogen) atoms. The van der Waals surface area contributed by atoms with Gasteiger partial charge in [0, 0.05) is 35.0 Å². The fourth-order valence-corrected chi connectivity index (χ4v) is 5.40. The molecule has 0 unspecified atom stereocenters. The second-order valence-corrected chi connectivity index (χ2v) is 9.06. The first-order chi connectivity index (χ1) is 17.0. The summed E-state index contributed by atoms with van der Waals surface area (Å²) in [6.45, 7) is 4.35. The van der Waals surface area contributed by atoms with E-state index < -0.39 is 0 Å². The van der Waals surface area contributed by atoms with E-state index in [1.165, 1.54) is 12.1 Å². The average Bonchev–Trinajstić information content (AvgIpc) is 3.55. The van der Waals surface area contributed by atoms with Gasteiger partial charge in [-0.25, -0.2) is 4.39 Å². The summed E-state index contributed by atoms with van der Waals surface area (Å²) in [5.41, 5.74) is 5.92. The summed E-state index contributed by atoms with van der Waals surface area (Å²) in [5, 5.41) is 4.11. The zero-order chi connectivity index (χ0) is 24.1. The molecule has 6 rings (SSSR count). The topological polar surface area (TPSA) is 51.6 Å². The Morgan fingerprint density at radius 3 is 2.51 bits per heavy atom. The summed E-state index contributed by atoms with van der Waals surface area (Å²) < 4.78 is 26.9. The van der Waals surface area contributed by atoms with E-state index in [0.717, 1.165) is 39.8 Å². The molecule has 2 aliphatic heterocycles. The van der Waals surface area contributed by atoms with Gasteiger partial charge in [-0.1, -0.05) is 6.07 Å². The van der Waals surface area contributed by atoms with Gasteiger partial charge in [0.1, 0.15) is 5.82 Å². The van der Waals surface area contributed by atoms with Crippen molar-refractivity contribution in [3.63, 3.8) is 0 Å². The Bertz CT molecular complexity index is 1420. The molecule has 4 aromatic rings. The number of hydrogen-bond donors (Lipinski definition) is 1. The lowest BCUT2D eigenvalue weighted by Crippen LogP contribution is -2.29. The number of rotatable bonds is 4. The van der Waals surface area contributed by atoms with Crippen molar-refractivity contribution in [3.05, 3.63) is 101 Å². The zero-order valence-corrected chi connectivity index (χ0v) is 20.1. The molecule has 0 aliphatic carbocycles. The lowest BCUT2D eigenvalue weighted by atomic mass is 9.96. The molecule has 8 heteroatoms. The predicted octanol–water partition coefficient (Wildman–Crippen LogP) is 5.53. The Kier molecular flexibility index (Phi) is 5.18.